The van der Waals surface area contributed by atoms with E-state index >= 15 is 0 Å². The van der Waals surface area contributed by atoms with Gasteiger partial charge in [-0.2, -0.15) is 13.2 Å². The number of anilines is 1. The molecule has 0 radical (unpaired) electrons. The number of aromatic amines is 1. The molecule has 1 fully saturated rings. The summed E-state index contributed by atoms with van der Waals surface area (Å²) in [6.45, 7) is 2.67. The van der Waals surface area contributed by atoms with E-state index in [0.29, 0.717) is 49.6 Å². The third kappa shape index (κ3) is 4.03. The highest BCUT2D eigenvalue weighted by Crippen LogP contribution is 2.28. The smallest absolute Gasteiger partial charge is 0.366 e. The Bertz CT molecular complexity index is 1040. The van der Waals surface area contributed by atoms with Crippen LogP contribution >= 0.6 is 0 Å². The van der Waals surface area contributed by atoms with Crippen molar-refractivity contribution in [2.75, 3.05) is 31.1 Å². The van der Waals surface area contributed by atoms with Crippen LogP contribution in [0.2, 0.25) is 0 Å². The summed E-state index contributed by atoms with van der Waals surface area (Å²) in [5.74, 6) is 0.918. The first-order chi connectivity index (χ1) is 14.3. The number of carbonyl (C=O) groups is 1. The predicted molar refractivity (Wildman–Crippen MR) is 108 cm³/mol. The first-order valence-corrected chi connectivity index (χ1v) is 9.62. The first-order valence-electron chi connectivity index (χ1n) is 9.62. The van der Waals surface area contributed by atoms with Crippen molar-refractivity contribution in [2.45, 2.75) is 19.0 Å². The third-order valence-corrected chi connectivity index (χ3v) is 5.25. The highest BCUT2D eigenvalue weighted by atomic mass is 19.4. The Morgan fingerprint density at radius 1 is 1.13 bits per heavy atom. The molecular weight excluding hydrogens is 397 g/mol. The van der Waals surface area contributed by atoms with E-state index in [4.69, 9.17) is 5.73 Å². The lowest BCUT2D eigenvalue weighted by Gasteiger charge is -2.36. The van der Waals surface area contributed by atoms with E-state index in [9.17, 15) is 18.0 Å². The number of nitrogens with one attached hydrogen (secondary N) is 1. The largest absolute Gasteiger partial charge is 0.416 e. The number of H-pyrrole nitrogens is 1. The van der Waals surface area contributed by atoms with Gasteiger partial charge in [-0.15, -0.1) is 0 Å². The summed E-state index contributed by atoms with van der Waals surface area (Å²) in [6.07, 6.45) is -0.151. The Kier molecular flexibility index (Phi) is 5.23. The molecule has 3 N–H and O–H groups in total. The number of piperazine rings is 1. The van der Waals surface area contributed by atoms with Crippen LogP contribution in [0.1, 0.15) is 23.2 Å². The molecule has 10 heteroatoms. The SMILES string of the molecule is NC(=O)c1cccc2[nH]c(N3CCN(C4=NC=CC(C(F)(F)F)=CCC4)CC3)nc12. The molecular formula is C20H21F3N6O. The number of aromatic nitrogens is 2. The fraction of sp³-hybridized carbons (Fsp3) is 0.350. The molecule has 158 valence electrons. The van der Waals surface area contributed by atoms with Crippen molar-refractivity contribution >= 4 is 28.7 Å². The second kappa shape index (κ2) is 7.85. The average Bonchev–Trinajstić information content (AvgIpc) is 3.11. The summed E-state index contributed by atoms with van der Waals surface area (Å²) in [7, 11) is 0. The van der Waals surface area contributed by atoms with Crippen LogP contribution in [0.4, 0.5) is 19.1 Å². The van der Waals surface area contributed by atoms with Crippen LogP contribution in [0.15, 0.2) is 47.1 Å². The number of nitrogens with two attached hydrogens (primary N) is 1. The number of carbonyl (C=O) groups excluding carboxylic acids is 1. The summed E-state index contributed by atoms with van der Waals surface area (Å²) in [5.41, 5.74) is 6.43. The Morgan fingerprint density at radius 3 is 2.57 bits per heavy atom. The number of alkyl halides is 3. The van der Waals surface area contributed by atoms with Gasteiger partial charge in [0, 0.05) is 38.8 Å². The van der Waals surface area contributed by atoms with Gasteiger partial charge in [0.15, 0.2) is 0 Å². The zero-order chi connectivity index (χ0) is 21.3. The normalized spacial score (nSPS) is 18.1. The summed E-state index contributed by atoms with van der Waals surface area (Å²) >= 11 is 0. The lowest BCUT2D eigenvalue weighted by atomic mass is 10.1. The number of fused-ring (bicyclic) bond motifs is 1. The molecule has 1 aromatic heterocycles. The predicted octanol–water partition coefficient (Wildman–Crippen LogP) is 2.98. The molecule has 0 saturated carbocycles. The summed E-state index contributed by atoms with van der Waals surface area (Å²) in [5, 5.41) is 0. The van der Waals surface area contributed by atoms with Gasteiger partial charge in [-0.25, -0.2) is 9.98 Å². The van der Waals surface area contributed by atoms with Crippen LogP contribution in [0, 0.1) is 0 Å². The fourth-order valence-corrected chi connectivity index (χ4v) is 3.69. The van der Waals surface area contributed by atoms with Crippen LogP contribution in [-0.2, 0) is 0 Å². The summed E-state index contributed by atoms with van der Waals surface area (Å²) in [4.78, 5) is 27.8. The molecule has 2 aliphatic heterocycles. The molecule has 0 unspecified atom stereocenters. The number of amides is 1. The quantitative estimate of drug-likeness (QED) is 0.785. The van der Waals surface area contributed by atoms with Gasteiger partial charge in [-0.1, -0.05) is 12.1 Å². The van der Waals surface area contributed by atoms with Gasteiger partial charge in [0.1, 0.15) is 11.4 Å². The number of primary amides is 1. The van der Waals surface area contributed by atoms with Gasteiger partial charge in [0.25, 0.3) is 5.91 Å². The molecule has 0 bridgehead atoms. The average molecular weight is 418 g/mol. The first kappa shape index (κ1) is 20.0. The van der Waals surface area contributed by atoms with E-state index in [-0.39, 0.29) is 6.42 Å². The van der Waals surface area contributed by atoms with Crippen molar-refractivity contribution in [3.8, 4) is 0 Å². The number of hydrogen-bond donors (Lipinski definition) is 2. The van der Waals surface area contributed by atoms with Crippen LogP contribution in [-0.4, -0.2) is 59.0 Å². The number of halogens is 3. The fourth-order valence-electron chi connectivity index (χ4n) is 3.69. The van der Waals surface area contributed by atoms with Crippen molar-refractivity contribution in [1.29, 1.82) is 0 Å². The van der Waals surface area contributed by atoms with Gasteiger partial charge < -0.3 is 20.5 Å². The molecule has 0 aliphatic carbocycles. The second-order valence-electron chi connectivity index (χ2n) is 7.16. The highest BCUT2D eigenvalue weighted by Gasteiger charge is 2.32. The molecule has 0 spiro atoms. The van der Waals surface area contributed by atoms with E-state index in [1.807, 2.05) is 6.07 Å². The number of para-hydroxylation sites is 1. The second-order valence-corrected chi connectivity index (χ2v) is 7.16. The van der Waals surface area contributed by atoms with Crippen LogP contribution in [0.3, 0.4) is 0 Å². The monoisotopic (exact) mass is 418 g/mol. The zero-order valence-electron chi connectivity index (χ0n) is 16.1. The molecule has 1 aromatic carbocycles. The molecule has 7 nitrogen and oxygen atoms in total. The minimum atomic E-state index is -4.35. The molecule has 0 atom stereocenters. The van der Waals surface area contributed by atoms with Crippen molar-refractivity contribution in [2.24, 2.45) is 10.7 Å². The van der Waals surface area contributed by atoms with E-state index < -0.39 is 17.7 Å². The van der Waals surface area contributed by atoms with E-state index in [2.05, 4.69) is 24.8 Å². The van der Waals surface area contributed by atoms with E-state index in [1.165, 1.54) is 12.3 Å². The Balaban J connectivity index is 1.44. The van der Waals surface area contributed by atoms with Crippen molar-refractivity contribution in [3.05, 3.63) is 47.7 Å². The van der Waals surface area contributed by atoms with Crippen molar-refractivity contribution < 1.29 is 18.0 Å². The zero-order valence-corrected chi connectivity index (χ0v) is 16.1. The van der Waals surface area contributed by atoms with Gasteiger partial charge >= 0.3 is 6.18 Å². The van der Waals surface area contributed by atoms with E-state index in [0.717, 1.165) is 17.4 Å². The maximum atomic E-state index is 12.8. The van der Waals surface area contributed by atoms with Crippen molar-refractivity contribution in [3.63, 3.8) is 0 Å². The number of aliphatic imine (C=N–C) groups is 1. The number of hydrogen-bond acceptors (Lipinski definition) is 5. The Hall–Kier alpha value is -3.30. The molecule has 3 heterocycles. The molecule has 1 saturated heterocycles. The van der Waals surface area contributed by atoms with Gasteiger partial charge in [0.05, 0.1) is 16.7 Å². The van der Waals surface area contributed by atoms with Gasteiger partial charge in [0.2, 0.25) is 5.95 Å². The lowest BCUT2D eigenvalue weighted by Crippen LogP contribution is -2.49. The molecule has 2 aromatic rings. The molecule has 4 rings (SSSR count). The van der Waals surface area contributed by atoms with Gasteiger partial charge in [-0.3, -0.25) is 4.79 Å². The molecule has 2 aliphatic rings. The Morgan fingerprint density at radius 2 is 1.87 bits per heavy atom. The summed E-state index contributed by atoms with van der Waals surface area (Å²) in [6, 6.07) is 5.24. The lowest BCUT2D eigenvalue weighted by molar-refractivity contribution is -0.0884. The highest BCUT2D eigenvalue weighted by molar-refractivity contribution is 6.04. The van der Waals surface area contributed by atoms with Gasteiger partial charge in [-0.05, 0) is 24.6 Å². The maximum absolute atomic E-state index is 12.8. The maximum Gasteiger partial charge on any atom is 0.416 e. The van der Waals surface area contributed by atoms with E-state index in [1.54, 1.807) is 12.1 Å². The number of imidazole rings is 1. The third-order valence-electron chi connectivity index (χ3n) is 5.25. The van der Waals surface area contributed by atoms with Crippen LogP contribution < -0.4 is 10.6 Å². The topological polar surface area (TPSA) is 90.6 Å². The summed E-state index contributed by atoms with van der Waals surface area (Å²) < 4.78 is 38.5. The van der Waals surface area contributed by atoms with Crippen LogP contribution in [0.5, 0.6) is 0 Å². The standard InChI is InChI=1S/C20H21F3N6O/c21-20(22,23)13-3-1-6-16(25-8-7-13)28-9-11-29(12-10-28)19-26-15-5-2-4-14(18(24)30)17(15)27-19/h2-5,7-8H,1,6,9-12H2,(H2,24,30)(H,26,27). The Labute approximate surface area is 170 Å². The van der Waals surface area contributed by atoms with Crippen LogP contribution in [0.25, 0.3) is 11.0 Å². The number of benzene rings is 1. The molecule has 30 heavy (non-hydrogen) atoms. The van der Waals surface area contributed by atoms with Crippen molar-refractivity contribution in [1.82, 2.24) is 14.9 Å². The number of allylic oxidation sites excluding steroid dienone is 3. The number of amidine groups is 1. The number of nitrogens with zero attached hydrogens (tertiary/aromatic N) is 4. The molecule has 1 amide bonds. The minimum absolute atomic E-state index is 0.289. The number of rotatable bonds is 2. The minimum Gasteiger partial charge on any atom is -0.366 e.